The van der Waals surface area contributed by atoms with E-state index in [1.165, 1.54) is 6.26 Å². The van der Waals surface area contributed by atoms with Crippen molar-refractivity contribution in [1.82, 2.24) is 4.90 Å². The Hall–Kier alpha value is -3.61. The van der Waals surface area contributed by atoms with E-state index in [-0.39, 0.29) is 18.7 Å². The van der Waals surface area contributed by atoms with Gasteiger partial charge in [0, 0.05) is 25.2 Å². The largest absolute Gasteiger partial charge is 0.497 e. The van der Waals surface area contributed by atoms with Gasteiger partial charge >= 0.3 is 5.97 Å². The third-order valence-corrected chi connectivity index (χ3v) is 4.32. The molecular weight excluding hydrogens is 398 g/mol. The van der Waals surface area contributed by atoms with Crippen LogP contribution in [0.25, 0.3) is 5.76 Å². The van der Waals surface area contributed by atoms with E-state index in [1.54, 1.807) is 30.9 Å². The second-order valence-corrected chi connectivity index (χ2v) is 6.83. The van der Waals surface area contributed by atoms with Crippen LogP contribution in [0.5, 0.6) is 0 Å². The lowest BCUT2D eigenvalue weighted by Gasteiger charge is -2.23. The van der Waals surface area contributed by atoms with Crippen LogP contribution in [0.15, 0.2) is 85.3 Å². The molecule has 0 radical (unpaired) electrons. The summed E-state index contributed by atoms with van der Waals surface area (Å²) in [6.07, 6.45) is 14.0. The zero-order chi connectivity index (χ0) is 21.7. The van der Waals surface area contributed by atoms with E-state index in [4.69, 9.17) is 23.7 Å². The summed E-state index contributed by atoms with van der Waals surface area (Å²) in [7, 11) is 1.86. The van der Waals surface area contributed by atoms with E-state index in [0.717, 1.165) is 11.3 Å². The molecule has 0 saturated carbocycles. The zero-order valence-corrected chi connectivity index (χ0v) is 17.5. The molecule has 7 nitrogen and oxygen atoms in total. The minimum atomic E-state index is -0.325. The molecule has 0 N–H and O–H groups in total. The monoisotopic (exact) mass is 425 g/mol. The summed E-state index contributed by atoms with van der Waals surface area (Å²) in [5.41, 5.74) is 1.61. The fraction of sp³-hybridized carbons (Fsp3) is 0.292. The molecule has 0 amide bonds. The van der Waals surface area contributed by atoms with Crippen molar-refractivity contribution in [3.63, 3.8) is 0 Å². The molecule has 0 fully saturated rings. The van der Waals surface area contributed by atoms with Gasteiger partial charge in [-0.1, -0.05) is 36.4 Å². The Morgan fingerprint density at radius 3 is 2.74 bits per heavy atom. The molecule has 1 aromatic rings. The van der Waals surface area contributed by atoms with Crippen LogP contribution >= 0.6 is 0 Å². The van der Waals surface area contributed by atoms with Crippen LogP contribution in [0.2, 0.25) is 0 Å². The second kappa shape index (κ2) is 12.2. The van der Waals surface area contributed by atoms with Gasteiger partial charge in [-0.15, -0.1) is 0 Å². The van der Waals surface area contributed by atoms with E-state index in [0.29, 0.717) is 31.8 Å². The first-order chi connectivity index (χ1) is 15.2. The highest BCUT2D eigenvalue weighted by Gasteiger charge is 2.17. The molecule has 1 unspecified atom stereocenters. The van der Waals surface area contributed by atoms with Crippen molar-refractivity contribution in [1.29, 1.82) is 0 Å². The van der Waals surface area contributed by atoms with Gasteiger partial charge in [0.25, 0.3) is 0 Å². The van der Waals surface area contributed by atoms with E-state index in [2.05, 4.69) is 0 Å². The summed E-state index contributed by atoms with van der Waals surface area (Å²) < 4.78 is 27.3. The first-order valence-electron chi connectivity index (χ1n) is 10.1. The molecule has 31 heavy (non-hydrogen) atoms. The predicted octanol–water partition coefficient (Wildman–Crippen LogP) is 3.74. The molecule has 1 aromatic carbocycles. The summed E-state index contributed by atoms with van der Waals surface area (Å²) >= 11 is 0. The van der Waals surface area contributed by atoms with Gasteiger partial charge in [-0.2, -0.15) is 0 Å². The lowest BCUT2D eigenvalue weighted by Crippen LogP contribution is -2.26. The number of ether oxygens (including phenoxy) is 5. The van der Waals surface area contributed by atoms with Crippen molar-refractivity contribution in [2.75, 3.05) is 33.5 Å². The van der Waals surface area contributed by atoms with Crippen LogP contribution in [0.3, 0.4) is 0 Å². The molecule has 2 heterocycles. The normalized spacial score (nSPS) is 18.2. The summed E-state index contributed by atoms with van der Waals surface area (Å²) in [6, 6.07) is 9.80. The van der Waals surface area contributed by atoms with Gasteiger partial charge in [0.1, 0.15) is 32.7 Å². The second-order valence-electron chi connectivity index (χ2n) is 6.83. The standard InChI is InChI=1S/C24H27NO6/c1-25-11-5-10-21(16-25)24(26)29-15-7-13-27-12-6-14-28-17-22-18-31-23(19-30-22)20-8-3-2-4-9-20/h2-9,11,13-14,16,19,22H,10,12,15,17-18H2,1H3/b13-7+,14-6+. The van der Waals surface area contributed by atoms with Crippen molar-refractivity contribution < 1.29 is 28.5 Å². The Kier molecular flexibility index (Phi) is 8.67. The summed E-state index contributed by atoms with van der Waals surface area (Å²) in [5.74, 6) is 0.395. The van der Waals surface area contributed by atoms with E-state index < -0.39 is 0 Å². The zero-order valence-electron chi connectivity index (χ0n) is 17.5. The highest BCUT2D eigenvalue weighted by molar-refractivity contribution is 5.88. The molecule has 2 aliphatic heterocycles. The maximum Gasteiger partial charge on any atom is 0.336 e. The minimum Gasteiger partial charge on any atom is -0.497 e. The molecule has 0 bridgehead atoms. The maximum atomic E-state index is 11.9. The number of benzene rings is 1. The molecule has 7 heteroatoms. The molecule has 0 aliphatic carbocycles. The van der Waals surface area contributed by atoms with E-state index in [9.17, 15) is 4.79 Å². The average Bonchev–Trinajstić information content (AvgIpc) is 2.81. The van der Waals surface area contributed by atoms with E-state index >= 15 is 0 Å². The van der Waals surface area contributed by atoms with Crippen molar-refractivity contribution >= 4 is 11.7 Å². The summed E-state index contributed by atoms with van der Waals surface area (Å²) in [6.45, 7) is 1.30. The van der Waals surface area contributed by atoms with Crippen LogP contribution < -0.4 is 0 Å². The Balaban J connectivity index is 1.22. The summed E-state index contributed by atoms with van der Waals surface area (Å²) in [5, 5.41) is 0. The van der Waals surface area contributed by atoms with Gasteiger partial charge in [0.2, 0.25) is 0 Å². The molecule has 1 atom stereocenters. The number of hydrogen-bond donors (Lipinski definition) is 0. The molecule has 0 aromatic heterocycles. The van der Waals surface area contributed by atoms with Gasteiger partial charge in [0.15, 0.2) is 11.9 Å². The number of esters is 1. The van der Waals surface area contributed by atoms with Crippen LogP contribution in [0.1, 0.15) is 12.0 Å². The van der Waals surface area contributed by atoms with E-state index in [1.807, 2.05) is 54.6 Å². The lowest BCUT2D eigenvalue weighted by molar-refractivity contribution is -0.138. The Morgan fingerprint density at radius 2 is 1.97 bits per heavy atom. The van der Waals surface area contributed by atoms with Crippen LogP contribution in [-0.2, 0) is 28.5 Å². The van der Waals surface area contributed by atoms with Gasteiger partial charge in [-0.05, 0) is 18.4 Å². The Bertz CT molecular complexity index is 856. The number of carbonyl (C=O) groups excluding carboxylic acids is 1. The third kappa shape index (κ3) is 7.62. The first-order valence-corrected chi connectivity index (χ1v) is 10.1. The highest BCUT2D eigenvalue weighted by atomic mass is 16.6. The Morgan fingerprint density at radius 1 is 1.16 bits per heavy atom. The number of hydrogen-bond acceptors (Lipinski definition) is 7. The average molecular weight is 425 g/mol. The first kappa shape index (κ1) is 22.1. The molecule has 3 rings (SSSR count). The topological polar surface area (TPSA) is 66.5 Å². The Labute approximate surface area is 182 Å². The molecule has 2 aliphatic rings. The molecular formula is C24H27NO6. The van der Waals surface area contributed by atoms with Crippen molar-refractivity contribution in [3.8, 4) is 0 Å². The van der Waals surface area contributed by atoms with Crippen LogP contribution in [-0.4, -0.2) is 50.4 Å². The van der Waals surface area contributed by atoms with Gasteiger partial charge < -0.3 is 28.6 Å². The van der Waals surface area contributed by atoms with Crippen molar-refractivity contribution in [2.45, 2.75) is 12.5 Å². The number of rotatable bonds is 10. The summed E-state index contributed by atoms with van der Waals surface area (Å²) in [4.78, 5) is 13.7. The van der Waals surface area contributed by atoms with Gasteiger partial charge in [-0.3, -0.25) is 0 Å². The van der Waals surface area contributed by atoms with Gasteiger partial charge in [0.05, 0.1) is 18.1 Å². The van der Waals surface area contributed by atoms with Crippen LogP contribution in [0.4, 0.5) is 0 Å². The van der Waals surface area contributed by atoms with Crippen molar-refractivity contribution in [2.24, 2.45) is 0 Å². The fourth-order valence-corrected chi connectivity index (χ4v) is 2.78. The number of nitrogens with zero attached hydrogens (tertiary/aromatic N) is 1. The predicted molar refractivity (Wildman–Crippen MR) is 116 cm³/mol. The maximum absolute atomic E-state index is 11.9. The lowest BCUT2D eigenvalue weighted by atomic mass is 10.1. The van der Waals surface area contributed by atoms with Crippen LogP contribution in [0, 0.1) is 0 Å². The SMILES string of the molecule is CN1C=CCC(C(=O)OC/C=C/OC/C=C/OCC2COC(c3ccccc3)=CO2)=C1. The molecule has 0 saturated heterocycles. The molecule has 0 spiro atoms. The number of carbonyl (C=O) groups is 1. The highest BCUT2D eigenvalue weighted by Crippen LogP contribution is 2.20. The fourth-order valence-electron chi connectivity index (χ4n) is 2.78. The minimum absolute atomic E-state index is 0.154. The van der Waals surface area contributed by atoms with Gasteiger partial charge in [-0.25, -0.2) is 4.79 Å². The molecule has 164 valence electrons. The van der Waals surface area contributed by atoms with Crippen molar-refractivity contribution in [3.05, 3.63) is 90.9 Å². The smallest absolute Gasteiger partial charge is 0.336 e. The quantitative estimate of drug-likeness (QED) is 0.321. The third-order valence-electron chi connectivity index (χ3n) is 4.32. The number of allylic oxidation sites excluding steroid dienone is 1.